The molecule has 6 nitrogen and oxygen atoms in total. The molecule has 1 fully saturated rings. The van der Waals surface area contributed by atoms with E-state index in [1.807, 2.05) is 17.1 Å². The Kier molecular flexibility index (Phi) is 5.57. The van der Waals surface area contributed by atoms with Gasteiger partial charge in [0.2, 0.25) is 5.91 Å². The Bertz CT molecular complexity index is 509. The lowest BCUT2D eigenvalue weighted by Gasteiger charge is -2.22. The first-order valence-electron chi connectivity index (χ1n) is 6.92. The molecule has 2 rings (SSSR count). The molecule has 22 heavy (non-hydrogen) atoms. The van der Waals surface area contributed by atoms with Crippen LogP contribution in [0.1, 0.15) is 24.8 Å². The molecule has 1 N–H and O–H groups in total. The van der Waals surface area contributed by atoms with Crippen LogP contribution in [0.15, 0.2) is 0 Å². The van der Waals surface area contributed by atoms with Crippen molar-refractivity contribution < 1.29 is 22.7 Å². The highest BCUT2D eigenvalue weighted by Crippen LogP contribution is 2.24. The highest BCUT2D eigenvalue weighted by Gasteiger charge is 2.34. The van der Waals surface area contributed by atoms with Gasteiger partial charge in [0, 0.05) is 0 Å². The highest BCUT2D eigenvalue weighted by atomic mass is 32.1. The third kappa shape index (κ3) is 4.80. The van der Waals surface area contributed by atoms with Crippen LogP contribution in [0, 0.1) is 0 Å². The monoisotopic (exact) mass is 338 g/mol. The summed E-state index contributed by atoms with van der Waals surface area (Å²) in [5, 5.41) is 10.9. The number of amides is 1. The Balaban J connectivity index is 1.90. The van der Waals surface area contributed by atoms with E-state index in [0.717, 1.165) is 6.42 Å². The lowest BCUT2D eigenvalue weighted by Crippen LogP contribution is -2.45. The molecule has 1 aromatic heterocycles. The van der Waals surface area contributed by atoms with Gasteiger partial charge in [-0.2, -0.15) is 13.2 Å². The van der Waals surface area contributed by atoms with Gasteiger partial charge in [-0.3, -0.25) is 9.69 Å². The van der Waals surface area contributed by atoms with E-state index in [0.29, 0.717) is 36.3 Å². The fourth-order valence-electron chi connectivity index (χ4n) is 2.28. The SMILES string of the molecule is CCOc1nnc(CN2CCCC2C(=O)NCC(F)(F)F)s1. The number of nitrogens with zero attached hydrogens (tertiary/aromatic N) is 3. The van der Waals surface area contributed by atoms with Crippen molar-refractivity contribution in [1.29, 1.82) is 0 Å². The lowest BCUT2D eigenvalue weighted by molar-refractivity contribution is -0.141. The van der Waals surface area contributed by atoms with Gasteiger partial charge in [0.15, 0.2) is 0 Å². The van der Waals surface area contributed by atoms with Gasteiger partial charge >= 0.3 is 6.18 Å². The van der Waals surface area contributed by atoms with Crippen LogP contribution in [-0.4, -0.2) is 52.9 Å². The normalized spacial score (nSPS) is 19.4. The molecule has 1 amide bonds. The summed E-state index contributed by atoms with van der Waals surface area (Å²) in [7, 11) is 0. The van der Waals surface area contributed by atoms with Crippen LogP contribution in [0.4, 0.5) is 13.2 Å². The molecular formula is C12H17F3N4O2S. The second-order valence-electron chi connectivity index (χ2n) is 4.86. The molecule has 1 aliphatic rings. The molecule has 0 aromatic carbocycles. The van der Waals surface area contributed by atoms with Crippen LogP contribution in [-0.2, 0) is 11.3 Å². The average Bonchev–Trinajstić information content (AvgIpc) is 3.06. The minimum Gasteiger partial charge on any atom is -0.469 e. The molecule has 0 bridgehead atoms. The zero-order chi connectivity index (χ0) is 16.2. The van der Waals surface area contributed by atoms with E-state index in [1.54, 1.807) is 0 Å². The molecule has 1 unspecified atom stereocenters. The van der Waals surface area contributed by atoms with Crippen molar-refractivity contribution in [3.05, 3.63) is 5.01 Å². The number of ether oxygens (including phenoxy) is 1. The van der Waals surface area contributed by atoms with Crippen molar-refractivity contribution in [3.63, 3.8) is 0 Å². The van der Waals surface area contributed by atoms with Crippen LogP contribution in [0.5, 0.6) is 5.19 Å². The molecule has 124 valence electrons. The second-order valence-corrected chi connectivity index (χ2v) is 5.88. The number of hydrogen-bond acceptors (Lipinski definition) is 6. The Morgan fingerprint density at radius 3 is 2.95 bits per heavy atom. The number of halogens is 3. The summed E-state index contributed by atoms with van der Waals surface area (Å²) in [6.45, 7) is 2.05. The number of carbonyl (C=O) groups is 1. The van der Waals surface area contributed by atoms with Crippen molar-refractivity contribution in [3.8, 4) is 5.19 Å². The van der Waals surface area contributed by atoms with Crippen LogP contribution in [0.25, 0.3) is 0 Å². The summed E-state index contributed by atoms with van der Waals surface area (Å²) in [5.74, 6) is -0.593. The minimum atomic E-state index is -4.40. The van der Waals surface area contributed by atoms with Gasteiger partial charge in [-0.15, -0.1) is 10.2 Å². The maximum absolute atomic E-state index is 12.2. The second kappa shape index (κ2) is 7.23. The van der Waals surface area contributed by atoms with Gasteiger partial charge in [-0.25, -0.2) is 0 Å². The number of alkyl halides is 3. The Labute approximate surface area is 129 Å². The molecule has 0 saturated carbocycles. The summed E-state index contributed by atoms with van der Waals surface area (Å²) in [4.78, 5) is 13.7. The molecule has 0 aliphatic carbocycles. The predicted octanol–water partition coefficient (Wildman–Crippen LogP) is 1.58. The third-order valence-corrected chi connectivity index (χ3v) is 4.00. The number of aromatic nitrogens is 2. The molecule has 0 spiro atoms. The number of nitrogens with one attached hydrogen (secondary N) is 1. The standard InChI is InChI=1S/C12H17F3N4O2S/c1-2-21-11-18-17-9(22-11)6-19-5-3-4-8(19)10(20)16-7-12(13,14)15/h8H,2-7H2,1H3,(H,16,20). The first-order chi connectivity index (χ1) is 10.4. The van der Waals surface area contributed by atoms with Crippen LogP contribution in [0.2, 0.25) is 0 Å². The van der Waals surface area contributed by atoms with Crippen molar-refractivity contribution in [2.45, 2.75) is 38.5 Å². The topological polar surface area (TPSA) is 67.4 Å². The first kappa shape index (κ1) is 16.9. The summed E-state index contributed by atoms with van der Waals surface area (Å²) in [5.41, 5.74) is 0. The van der Waals surface area contributed by atoms with Crippen LogP contribution >= 0.6 is 11.3 Å². The maximum Gasteiger partial charge on any atom is 0.405 e. The van der Waals surface area contributed by atoms with E-state index in [-0.39, 0.29) is 0 Å². The quantitative estimate of drug-likeness (QED) is 0.853. The van der Waals surface area contributed by atoms with Gasteiger partial charge in [-0.1, -0.05) is 11.3 Å². The van der Waals surface area contributed by atoms with Crippen molar-refractivity contribution in [2.75, 3.05) is 19.7 Å². The van der Waals surface area contributed by atoms with E-state index < -0.39 is 24.7 Å². The van der Waals surface area contributed by atoms with Crippen molar-refractivity contribution in [2.24, 2.45) is 0 Å². The largest absolute Gasteiger partial charge is 0.469 e. The molecular weight excluding hydrogens is 321 g/mol. The van der Waals surface area contributed by atoms with E-state index in [4.69, 9.17) is 4.74 Å². The highest BCUT2D eigenvalue weighted by molar-refractivity contribution is 7.13. The zero-order valence-corrected chi connectivity index (χ0v) is 12.8. The number of carbonyl (C=O) groups excluding carboxylic acids is 1. The molecule has 0 radical (unpaired) electrons. The summed E-state index contributed by atoms with van der Waals surface area (Å²) in [6.07, 6.45) is -3.09. The number of rotatable bonds is 6. The van der Waals surface area contributed by atoms with E-state index in [9.17, 15) is 18.0 Å². The van der Waals surface area contributed by atoms with Gasteiger partial charge in [0.05, 0.1) is 19.2 Å². The van der Waals surface area contributed by atoms with E-state index in [2.05, 4.69) is 10.2 Å². The Morgan fingerprint density at radius 2 is 2.27 bits per heavy atom. The van der Waals surface area contributed by atoms with Crippen molar-refractivity contribution in [1.82, 2.24) is 20.4 Å². The van der Waals surface area contributed by atoms with Crippen LogP contribution in [0.3, 0.4) is 0 Å². The molecule has 1 aromatic rings. The summed E-state index contributed by atoms with van der Waals surface area (Å²) in [6, 6.07) is -0.554. The molecule has 1 aliphatic heterocycles. The average molecular weight is 338 g/mol. The summed E-state index contributed by atoms with van der Waals surface area (Å²) >= 11 is 1.28. The van der Waals surface area contributed by atoms with Gasteiger partial charge in [-0.05, 0) is 26.3 Å². The number of hydrogen-bond donors (Lipinski definition) is 1. The zero-order valence-electron chi connectivity index (χ0n) is 12.0. The smallest absolute Gasteiger partial charge is 0.405 e. The third-order valence-electron chi connectivity index (χ3n) is 3.18. The maximum atomic E-state index is 12.2. The van der Waals surface area contributed by atoms with E-state index >= 15 is 0 Å². The van der Waals surface area contributed by atoms with Crippen molar-refractivity contribution >= 4 is 17.2 Å². The molecule has 1 saturated heterocycles. The Hall–Kier alpha value is -1.42. The van der Waals surface area contributed by atoms with E-state index in [1.165, 1.54) is 11.3 Å². The van der Waals surface area contributed by atoms with Gasteiger partial charge in [0.1, 0.15) is 11.6 Å². The first-order valence-corrected chi connectivity index (χ1v) is 7.74. The molecule has 1 atom stereocenters. The van der Waals surface area contributed by atoms with Crippen LogP contribution < -0.4 is 10.1 Å². The minimum absolute atomic E-state index is 0.384. The number of likely N-dealkylation sites (tertiary alicyclic amines) is 1. The fourth-order valence-corrected chi connectivity index (χ4v) is 3.05. The van der Waals surface area contributed by atoms with Gasteiger partial charge in [0.25, 0.3) is 5.19 Å². The summed E-state index contributed by atoms with van der Waals surface area (Å²) < 4.78 is 41.7. The fraction of sp³-hybridized carbons (Fsp3) is 0.750. The predicted molar refractivity (Wildman–Crippen MR) is 73.6 cm³/mol. The Morgan fingerprint density at radius 1 is 1.50 bits per heavy atom. The van der Waals surface area contributed by atoms with Gasteiger partial charge < -0.3 is 10.1 Å². The molecule has 2 heterocycles. The lowest BCUT2D eigenvalue weighted by atomic mass is 10.2. The molecule has 10 heteroatoms.